The molecule has 1 aliphatic heterocycles. The summed E-state index contributed by atoms with van der Waals surface area (Å²) in [6.07, 6.45) is 3.63. The van der Waals surface area contributed by atoms with Crippen molar-refractivity contribution in [1.82, 2.24) is 5.32 Å². The topological polar surface area (TPSA) is 78.4 Å². The quantitative estimate of drug-likeness (QED) is 0.778. The van der Waals surface area contributed by atoms with Crippen molar-refractivity contribution in [2.45, 2.75) is 32.6 Å². The molecule has 1 aliphatic rings. The number of carbonyl (C=O) groups is 2. The van der Waals surface area contributed by atoms with E-state index in [0.717, 1.165) is 32.4 Å². The number of piperidine rings is 1. The van der Waals surface area contributed by atoms with Gasteiger partial charge in [-0.15, -0.1) is 0 Å². The number of hydrogen-bond donors (Lipinski definition) is 3. The summed E-state index contributed by atoms with van der Waals surface area (Å²) in [5, 5.41) is 15.2. The van der Waals surface area contributed by atoms with Gasteiger partial charge < -0.3 is 15.7 Å². The number of aromatic carboxylic acids is 1. The Morgan fingerprint density at radius 3 is 2.71 bits per heavy atom. The van der Waals surface area contributed by atoms with E-state index in [0.29, 0.717) is 23.6 Å². The van der Waals surface area contributed by atoms with Gasteiger partial charge in [-0.25, -0.2) is 4.79 Å². The van der Waals surface area contributed by atoms with Crippen LogP contribution in [0, 0.1) is 12.8 Å². The van der Waals surface area contributed by atoms with E-state index in [1.165, 1.54) is 0 Å². The molecule has 114 valence electrons. The predicted molar refractivity (Wildman–Crippen MR) is 81.6 cm³/mol. The Kier molecular flexibility index (Phi) is 5.33. The lowest BCUT2D eigenvalue weighted by Crippen LogP contribution is -2.28. The Morgan fingerprint density at radius 1 is 1.33 bits per heavy atom. The lowest BCUT2D eigenvalue weighted by molar-refractivity contribution is -0.116. The van der Waals surface area contributed by atoms with Crippen molar-refractivity contribution in [3.8, 4) is 0 Å². The number of anilines is 1. The van der Waals surface area contributed by atoms with E-state index in [4.69, 9.17) is 5.11 Å². The first-order valence-corrected chi connectivity index (χ1v) is 7.41. The van der Waals surface area contributed by atoms with Crippen LogP contribution in [0.4, 0.5) is 5.69 Å². The Hall–Kier alpha value is -1.88. The number of amides is 1. The molecule has 0 saturated carbocycles. The van der Waals surface area contributed by atoms with Gasteiger partial charge in [-0.2, -0.15) is 0 Å². The van der Waals surface area contributed by atoms with E-state index in [-0.39, 0.29) is 11.5 Å². The largest absolute Gasteiger partial charge is 0.478 e. The molecule has 0 bridgehead atoms. The Bertz CT molecular complexity index is 522. The number of benzene rings is 1. The minimum atomic E-state index is -0.974. The number of rotatable bonds is 5. The summed E-state index contributed by atoms with van der Waals surface area (Å²) in [5.74, 6) is -0.402. The fraction of sp³-hybridized carbons (Fsp3) is 0.500. The van der Waals surface area contributed by atoms with Gasteiger partial charge in [0.1, 0.15) is 0 Å². The molecule has 0 aliphatic carbocycles. The molecule has 3 N–H and O–H groups in total. The third-order valence-electron chi connectivity index (χ3n) is 4.08. The molecule has 0 spiro atoms. The van der Waals surface area contributed by atoms with Crippen LogP contribution < -0.4 is 10.6 Å². The highest BCUT2D eigenvalue weighted by Gasteiger charge is 2.16. The van der Waals surface area contributed by atoms with E-state index in [1.807, 2.05) is 0 Å². The van der Waals surface area contributed by atoms with E-state index < -0.39 is 5.97 Å². The molecule has 0 unspecified atom stereocenters. The lowest BCUT2D eigenvalue weighted by atomic mass is 9.93. The van der Waals surface area contributed by atoms with Gasteiger partial charge in [-0.1, -0.05) is 6.07 Å². The van der Waals surface area contributed by atoms with Crippen molar-refractivity contribution < 1.29 is 14.7 Å². The molecule has 5 heteroatoms. The molecule has 1 saturated heterocycles. The van der Waals surface area contributed by atoms with Gasteiger partial charge in [0.15, 0.2) is 0 Å². The first kappa shape index (κ1) is 15.5. The summed E-state index contributed by atoms with van der Waals surface area (Å²) in [6, 6.07) is 4.94. The van der Waals surface area contributed by atoms with Crippen LogP contribution >= 0.6 is 0 Å². The predicted octanol–water partition coefficient (Wildman–Crippen LogP) is 2.41. The van der Waals surface area contributed by atoms with Crippen LogP contribution in [-0.4, -0.2) is 30.1 Å². The molecule has 0 radical (unpaired) electrons. The Morgan fingerprint density at radius 2 is 2.05 bits per heavy atom. The van der Waals surface area contributed by atoms with Crippen molar-refractivity contribution in [2.24, 2.45) is 5.92 Å². The standard InChI is InChI=1S/C16H22N2O3/c1-11-13(16(20)21)3-2-4-14(11)18-15(19)6-5-12-7-9-17-10-8-12/h2-4,12,17H,5-10H2,1H3,(H,18,19)(H,20,21). The van der Waals surface area contributed by atoms with Crippen LogP contribution in [0.5, 0.6) is 0 Å². The molecule has 1 amide bonds. The normalized spacial score (nSPS) is 15.7. The first-order valence-electron chi connectivity index (χ1n) is 7.41. The molecule has 1 aromatic rings. The molecular formula is C16H22N2O3. The van der Waals surface area contributed by atoms with Crippen molar-refractivity contribution in [2.75, 3.05) is 18.4 Å². The summed E-state index contributed by atoms with van der Waals surface area (Å²) in [5.41, 5.74) is 1.41. The first-order chi connectivity index (χ1) is 10.1. The summed E-state index contributed by atoms with van der Waals surface area (Å²) in [7, 11) is 0. The Labute approximate surface area is 124 Å². The number of hydrogen-bond acceptors (Lipinski definition) is 3. The van der Waals surface area contributed by atoms with Crippen LogP contribution in [0.25, 0.3) is 0 Å². The number of carbonyl (C=O) groups excluding carboxylic acids is 1. The van der Waals surface area contributed by atoms with E-state index in [2.05, 4.69) is 10.6 Å². The van der Waals surface area contributed by atoms with Gasteiger partial charge >= 0.3 is 5.97 Å². The second-order valence-electron chi connectivity index (χ2n) is 5.56. The van der Waals surface area contributed by atoms with E-state index in [9.17, 15) is 9.59 Å². The average Bonchev–Trinajstić information content (AvgIpc) is 2.48. The summed E-state index contributed by atoms with van der Waals surface area (Å²) < 4.78 is 0. The third kappa shape index (κ3) is 4.29. The number of nitrogens with one attached hydrogen (secondary N) is 2. The molecule has 0 atom stereocenters. The van der Waals surface area contributed by atoms with Gasteiger partial charge in [-0.3, -0.25) is 4.79 Å². The van der Waals surface area contributed by atoms with Crippen molar-refractivity contribution in [3.63, 3.8) is 0 Å². The average molecular weight is 290 g/mol. The molecule has 1 heterocycles. The molecule has 1 aromatic carbocycles. The summed E-state index contributed by atoms with van der Waals surface area (Å²) in [4.78, 5) is 23.1. The number of carboxylic acid groups (broad SMARTS) is 1. The maximum atomic E-state index is 12.0. The molecular weight excluding hydrogens is 268 g/mol. The fourth-order valence-corrected chi connectivity index (χ4v) is 2.72. The molecule has 21 heavy (non-hydrogen) atoms. The third-order valence-corrected chi connectivity index (χ3v) is 4.08. The molecule has 0 aromatic heterocycles. The zero-order valence-electron chi connectivity index (χ0n) is 12.3. The van der Waals surface area contributed by atoms with Crippen LogP contribution in [0.15, 0.2) is 18.2 Å². The van der Waals surface area contributed by atoms with Gasteiger partial charge in [0.25, 0.3) is 0 Å². The fourth-order valence-electron chi connectivity index (χ4n) is 2.72. The smallest absolute Gasteiger partial charge is 0.336 e. The van der Waals surface area contributed by atoms with Gasteiger partial charge in [0.05, 0.1) is 5.56 Å². The van der Waals surface area contributed by atoms with Crippen molar-refractivity contribution in [3.05, 3.63) is 29.3 Å². The van der Waals surface area contributed by atoms with Gasteiger partial charge in [0.2, 0.25) is 5.91 Å². The second-order valence-corrected chi connectivity index (χ2v) is 5.56. The van der Waals surface area contributed by atoms with Gasteiger partial charge in [-0.05, 0) is 62.9 Å². The number of carboxylic acids is 1. The highest BCUT2D eigenvalue weighted by Crippen LogP contribution is 2.21. The minimum Gasteiger partial charge on any atom is -0.478 e. The van der Waals surface area contributed by atoms with Gasteiger partial charge in [0, 0.05) is 12.1 Å². The summed E-state index contributed by atoms with van der Waals surface area (Å²) in [6.45, 7) is 3.78. The molecule has 1 fully saturated rings. The minimum absolute atomic E-state index is 0.0424. The zero-order chi connectivity index (χ0) is 15.2. The molecule has 2 rings (SSSR count). The van der Waals surface area contributed by atoms with Crippen LogP contribution in [0.1, 0.15) is 41.6 Å². The lowest BCUT2D eigenvalue weighted by Gasteiger charge is -2.22. The van der Waals surface area contributed by atoms with Crippen LogP contribution in [0.2, 0.25) is 0 Å². The highest BCUT2D eigenvalue weighted by atomic mass is 16.4. The van der Waals surface area contributed by atoms with E-state index in [1.54, 1.807) is 25.1 Å². The SMILES string of the molecule is Cc1c(NC(=O)CCC2CCNCC2)cccc1C(=O)O. The summed E-state index contributed by atoms with van der Waals surface area (Å²) >= 11 is 0. The molecule has 5 nitrogen and oxygen atoms in total. The maximum absolute atomic E-state index is 12.0. The highest BCUT2D eigenvalue weighted by molar-refractivity contribution is 5.96. The maximum Gasteiger partial charge on any atom is 0.336 e. The monoisotopic (exact) mass is 290 g/mol. The van der Waals surface area contributed by atoms with Crippen LogP contribution in [-0.2, 0) is 4.79 Å². The van der Waals surface area contributed by atoms with Crippen LogP contribution in [0.3, 0.4) is 0 Å². The van der Waals surface area contributed by atoms with E-state index >= 15 is 0 Å². The van der Waals surface area contributed by atoms with Crippen molar-refractivity contribution in [1.29, 1.82) is 0 Å². The Balaban J connectivity index is 1.90. The van der Waals surface area contributed by atoms with Crippen molar-refractivity contribution >= 4 is 17.6 Å². The second kappa shape index (κ2) is 7.22. The zero-order valence-corrected chi connectivity index (χ0v) is 12.3.